The number of aliphatic carboxylic acids is 1. The van der Waals surface area contributed by atoms with Crippen LogP contribution in [0.25, 0.3) is 0 Å². The number of likely N-dealkylation sites (tertiary alicyclic amines) is 1. The standard InChI is InChI=1S/C11H15NO5/c1-17-11(16)6-2-3-12(5-6)9(13)7-4-8(7)10(14)15/h6-8H,2-5H2,1H3,(H,14,15). The summed E-state index contributed by atoms with van der Waals surface area (Å²) in [6.45, 7) is 0.871. The van der Waals surface area contributed by atoms with Gasteiger partial charge in [0.25, 0.3) is 0 Å². The van der Waals surface area contributed by atoms with Gasteiger partial charge in [-0.2, -0.15) is 0 Å². The lowest BCUT2D eigenvalue weighted by molar-refractivity contribution is -0.145. The molecule has 2 aliphatic rings. The average Bonchev–Trinajstić information content (AvgIpc) is 2.97. The molecule has 3 unspecified atom stereocenters. The maximum atomic E-state index is 11.9. The molecule has 17 heavy (non-hydrogen) atoms. The largest absolute Gasteiger partial charge is 0.481 e. The quantitative estimate of drug-likeness (QED) is 0.687. The number of rotatable bonds is 3. The number of carboxylic acids is 1. The Morgan fingerprint density at radius 2 is 2.00 bits per heavy atom. The number of nitrogens with zero attached hydrogens (tertiary/aromatic N) is 1. The van der Waals surface area contributed by atoms with Crippen molar-refractivity contribution in [2.75, 3.05) is 20.2 Å². The molecular weight excluding hydrogens is 226 g/mol. The average molecular weight is 241 g/mol. The van der Waals surface area contributed by atoms with Crippen LogP contribution in [0.1, 0.15) is 12.8 Å². The predicted molar refractivity (Wildman–Crippen MR) is 55.9 cm³/mol. The molecular formula is C11H15NO5. The Balaban J connectivity index is 1.87. The highest BCUT2D eigenvalue weighted by atomic mass is 16.5. The SMILES string of the molecule is COC(=O)C1CCN(C(=O)C2CC2C(=O)O)C1. The van der Waals surface area contributed by atoms with Crippen molar-refractivity contribution < 1.29 is 24.2 Å². The maximum Gasteiger partial charge on any atom is 0.310 e. The van der Waals surface area contributed by atoms with Crippen LogP contribution < -0.4 is 0 Å². The third-order valence-corrected chi connectivity index (χ3v) is 3.46. The molecule has 1 aliphatic carbocycles. The van der Waals surface area contributed by atoms with Crippen molar-refractivity contribution >= 4 is 17.8 Å². The minimum Gasteiger partial charge on any atom is -0.481 e. The lowest BCUT2D eigenvalue weighted by atomic mass is 10.1. The Morgan fingerprint density at radius 3 is 2.53 bits per heavy atom. The van der Waals surface area contributed by atoms with E-state index in [0.717, 1.165) is 0 Å². The van der Waals surface area contributed by atoms with E-state index in [9.17, 15) is 14.4 Å². The van der Waals surface area contributed by atoms with E-state index in [1.165, 1.54) is 7.11 Å². The summed E-state index contributed by atoms with van der Waals surface area (Å²) in [7, 11) is 1.33. The molecule has 1 saturated heterocycles. The van der Waals surface area contributed by atoms with E-state index >= 15 is 0 Å². The Hall–Kier alpha value is -1.59. The van der Waals surface area contributed by atoms with Crippen LogP contribution in [0.15, 0.2) is 0 Å². The van der Waals surface area contributed by atoms with Gasteiger partial charge in [-0.25, -0.2) is 0 Å². The van der Waals surface area contributed by atoms with Crippen molar-refractivity contribution in [1.29, 1.82) is 0 Å². The molecule has 0 aromatic heterocycles. The fourth-order valence-corrected chi connectivity index (χ4v) is 2.29. The van der Waals surface area contributed by atoms with Crippen molar-refractivity contribution in [3.63, 3.8) is 0 Å². The van der Waals surface area contributed by atoms with Gasteiger partial charge in [0.1, 0.15) is 0 Å². The highest BCUT2D eigenvalue weighted by Crippen LogP contribution is 2.40. The summed E-state index contributed by atoms with van der Waals surface area (Å²) in [6, 6.07) is 0. The molecule has 1 N–H and O–H groups in total. The number of amides is 1. The normalized spacial score (nSPS) is 31.1. The molecule has 1 amide bonds. The summed E-state index contributed by atoms with van der Waals surface area (Å²) in [4.78, 5) is 35.4. The third kappa shape index (κ3) is 2.25. The van der Waals surface area contributed by atoms with E-state index in [4.69, 9.17) is 5.11 Å². The van der Waals surface area contributed by atoms with Crippen LogP contribution in [0.5, 0.6) is 0 Å². The summed E-state index contributed by atoms with van der Waals surface area (Å²) in [5.41, 5.74) is 0. The fourth-order valence-electron chi connectivity index (χ4n) is 2.29. The molecule has 2 fully saturated rings. The second kappa shape index (κ2) is 4.35. The zero-order chi connectivity index (χ0) is 12.6. The molecule has 6 nitrogen and oxygen atoms in total. The minimum atomic E-state index is -0.910. The number of carbonyl (C=O) groups is 3. The second-order valence-corrected chi connectivity index (χ2v) is 4.58. The molecule has 1 aliphatic heterocycles. The van der Waals surface area contributed by atoms with Gasteiger partial charge in [0.15, 0.2) is 0 Å². The molecule has 0 aromatic rings. The molecule has 1 heterocycles. The van der Waals surface area contributed by atoms with E-state index in [-0.39, 0.29) is 23.7 Å². The zero-order valence-corrected chi connectivity index (χ0v) is 9.59. The number of hydrogen-bond acceptors (Lipinski definition) is 4. The van der Waals surface area contributed by atoms with E-state index in [2.05, 4.69) is 4.74 Å². The van der Waals surface area contributed by atoms with Gasteiger partial charge in [0.2, 0.25) is 5.91 Å². The van der Waals surface area contributed by atoms with E-state index < -0.39 is 11.9 Å². The number of carbonyl (C=O) groups excluding carboxylic acids is 2. The van der Waals surface area contributed by atoms with Crippen molar-refractivity contribution in [3.05, 3.63) is 0 Å². The Bertz CT molecular complexity index is 367. The Kier molecular flexibility index (Phi) is 3.04. The molecule has 0 aromatic carbocycles. The smallest absolute Gasteiger partial charge is 0.310 e. The molecule has 2 rings (SSSR count). The van der Waals surface area contributed by atoms with Crippen LogP contribution >= 0.6 is 0 Å². The lowest BCUT2D eigenvalue weighted by Crippen LogP contribution is -2.32. The Labute approximate surface area is 98.5 Å². The highest BCUT2D eigenvalue weighted by Gasteiger charge is 2.50. The topological polar surface area (TPSA) is 83.9 Å². The van der Waals surface area contributed by atoms with Crippen LogP contribution in [0.2, 0.25) is 0 Å². The van der Waals surface area contributed by atoms with Gasteiger partial charge < -0.3 is 14.7 Å². The van der Waals surface area contributed by atoms with Gasteiger partial charge in [-0.15, -0.1) is 0 Å². The summed E-state index contributed by atoms with van der Waals surface area (Å²) >= 11 is 0. The number of esters is 1. The van der Waals surface area contributed by atoms with Crippen LogP contribution in [0.3, 0.4) is 0 Å². The van der Waals surface area contributed by atoms with Crippen molar-refractivity contribution in [3.8, 4) is 0 Å². The van der Waals surface area contributed by atoms with Crippen LogP contribution in [0.4, 0.5) is 0 Å². The van der Waals surface area contributed by atoms with Crippen molar-refractivity contribution in [2.24, 2.45) is 17.8 Å². The minimum absolute atomic E-state index is 0.135. The van der Waals surface area contributed by atoms with Gasteiger partial charge in [0, 0.05) is 13.1 Å². The summed E-state index contributed by atoms with van der Waals surface area (Å²) < 4.78 is 4.63. The fraction of sp³-hybridized carbons (Fsp3) is 0.727. The molecule has 3 atom stereocenters. The van der Waals surface area contributed by atoms with Crippen molar-refractivity contribution in [2.45, 2.75) is 12.8 Å². The van der Waals surface area contributed by atoms with Crippen LogP contribution in [-0.4, -0.2) is 48.1 Å². The van der Waals surface area contributed by atoms with Crippen molar-refractivity contribution in [1.82, 2.24) is 4.90 Å². The van der Waals surface area contributed by atoms with Crippen LogP contribution in [0, 0.1) is 17.8 Å². The monoisotopic (exact) mass is 241 g/mol. The highest BCUT2D eigenvalue weighted by molar-refractivity contribution is 5.90. The molecule has 6 heteroatoms. The van der Waals surface area contributed by atoms with Gasteiger partial charge in [-0.3, -0.25) is 14.4 Å². The molecule has 0 bridgehead atoms. The second-order valence-electron chi connectivity index (χ2n) is 4.58. The number of methoxy groups -OCH3 is 1. The van der Waals surface area contributed by atoms with Gasteiger partial charge >= 0.3 is 11.9 Å². The molecule has 94 valence electrons. The van der Waals surface area contributed by atoms with Gasteiger partial charge in [0.05, 0.1) is 24.9 Å². The Morgan fingerprint density at radius 1 is 1.29 bits per heavy atom. The summed E-state index contributed by atoms with van der Waals surface area (Å²) in [5.74, 6) is -2.52. The third-order valence-electron chi connectivity index (χ3n) is 3.46. The first-order chi connectivity index (χ1) is 8.04. The molecule has 1 saturated carbocycles. The first-order valence-corrected chi connectivity index (χ1v) is 5.64. The van der Waals surface area contributed by atoms with Crippen LogP contribution in [-0.2, 0) is 19.1 Å². The number of hydrogen-bond donors (Lipinski definition) is 1. The lowest BCUT2D eigenvalue weighted by Gasteiger charge is -2.15. The predicted octanol–water partition coefficient (Wildman–Crippen LogP) is -0.271. The van der Waals surface area contributed by atoms with Gasteiger partial charge in [-0.05, 0) is 12.8 Å². The van der Waals surface area contributed by atoms with Gasteiger partial charge in [-0.1, -0.05) is 0 Å². The first kappa shape index (κ1) is 11.9. The number of ether oxygens (including phenoxy) is 1. The maximum absolute atomic E-state index is 11.9. The van der Waals surface area contributed by atoms with E-state index in [0.29, 0.717) is 25.9 Å². The first-order valence-electron chi connectivity index (χ1n) is 5.64. The zero-order valence-electron chi connectivity index (χ0n) is 9.59. The van der Waals surface area contributed by atoms with E-state index in [1.807, 2.05) is 0 Å². The molecule has 0 radical (unpaired) electrons. The van der Waals surface area contributed by atoms with E-state index in [1.54, 1.807) is 4.90 Å². The summed E-state index contributed by atoms with van der Waals surface area (Å²) in [5, 5.41) is 8.75. The molecule has 0 spiro atoms. The number of carboxylic acid groups (broad SMARTS) is 1. The summed E-state index contributed by atoms with van der Waals surface area (Å²) in [6.07, 6.45) is 1.02.